The molecule has 3 aliphatic rings. The summed E-state index contributed by atoms with van der Waals surface area (Å²) in [7, 11) is 1.46. The van der Waals surface area contributed by atoms with Crippen LogP contribution in [0.5, 0.6) is 5.75 Å². The number of allylic oxidation sites excluding steroid dienone is 2. The van der Waals surface area contributed by atoms with Crippen molar-refractivity contribution in [1.29, 1.82) is 0 Å². The SMILES string of the molecule is COc1ccc(N2C(=O)[C@H]3[C@H]4C[C@@H](C(C)=C4C)[C@@]3(C(F)(F)F)C2=O)cc1. The lowest BCUT2D eigenvalue weighted by molar-refractivity contribution is -0.234. The number of alkyl halides is 3. The van der Waals surface area contributed by atoms with Crippen molar-refractivity contribution in [2.75, 3.05) is 12.0 Å². The number of imide groups is 1. The van der Waals surface area contributed by atoms with Gasteiger partial charge < -0.3 is 4.74 Å². The third-order valence-electron chi connectivity index (χ3n) is 6.48. The number of carbonyl (C=O) groups is 2. The molecule has 26 heavy (non-hydrogen) atoms. The fraction of sp³-hybridized carbons (Fsp3) is 0.474. The molecule has 4 nitrogen and oxygen atoms in total. The zero-order valence-electron chi connectivity index (χ0n) is 14.6. The van der Waals surface area contributed by atoms with Gasteiger partial charge in [0.15, 0.2) is 5.41 Å². The predicted molar refractivity (Wildman–Crippen MR) is 87.4 cm³/mol. The zero-order valence-corrected chi connectivity index (χ0v) is 14.6. The van der Waals surface area contributed by atoms with Crippen LogP contribution in [0.15, 0.2) is 35.4 Å². The van der Waals surface area contributed by atoms with E-state index in [0.29, 0.717) is 11.3 Å². The van der Waals surface area contributed by atoms with Crippen LogP contribution < -0.4 is 9.64 Å². The summed E-state index contributed by atoms with van der Waals surface area (Å²) in [5.74, 6) is -4.27. The number of nitrogens with zero attached hydrogens (tertiary/aromatic N) is 1. The van der Waals surface area contributed by atoms with Crippen molar-refractivity contribution >= 4 is 17.5 Å². The second-order valence-electron chi connectivity index (χ2n) is 7.28. The van der Waals surface area contributed by atoms with E-state index in [9.17, 15) is 22.8 Å². The smallest absolute Gasteiger partial charge is 0.404 e. The van der Waals surface area contributed by atoms with Gasteiger partial charge in [-0.05, 0) is 50.5 Å². The highest BCUT2D eigenvalue weighted by Gasteiger charge is 2.81. The number of halogens is 3. The molecule has 0 unspecified atom stereocenters. The van der Waals surface area contributed by atoms with Crippen LogP contribution in [-0.4, -0.2) is 25.1 Å². The Balaban J connectivity index is 1.87. The minimum atomic E-state index is -4.78. The van der Waals surface area contributed by atoms with Crippen molar-refractivity contribution in [3.8, 4) is 5.75 Å². The Bertz CT molecular complexity index is 843. The maximum atomic E-state index is 14.3. The van der Waals surface area contributed by atoms with Crippen molar-refractivity contribution in [2.45, 2.75) is 26.4 Å². The monoisotopic (exact) mass is 365 g/mol. The maximum Gasteiger partial charge on any atom is 0.404 e. The standard InChI is InChI=1S/C19H18F3NO3/c1-9-10(2)14-8-13(9)15-16(24)23(11-4-6-12(26-3)7-5-11)17(25)18(14,15)19(20,21)22/h4-7,13-15H,8H2,1-3H3/t13-,14-,15+,18-/m0/s1. The van der Waals surface area contributed by atoms with Gasteiger partial charge in [0, 0.05) is 5.92 Å². The normalized spacial score (nSPS) is 33.3. The number of ether oxygens (including phenoxy) is 1. The van der Waals surface area contributed by atoms with Crippen LogP contribution in [0.3, 0.4) is 0 Å². The fourth-order valence-electron chi connectivity index (χ4n) is 5.17. The summed E-state index contributed by atoms with van der Waals surface area (Å²) in [5.41, 5.74) is -1.08. The van der Waals surface area contributed by atoms with Crippen molar-refractivity contribution in [1.82, 2.24) is 0 Å². The molecule has 0 spiro atoms. The van der Waals surface area contributed by atoms with E-state index in [2.05, 4.69) is 0 Å². The first kappa shape index (κ1) is 17.1. The molecule has 4 rings (SSSR count). The largest absolute Gasteiger partial charge is 0.497 e. The molecule has 1 aliphatic heterocycles. The van der Waals surface area contributed by atoms with Gasteiger partial charge in [-0.15, -0.1) is 0 Å². The summed E-state index contributed by atoms with van der Waals surface area (Å²) < 4.78 is 47.8. The molecule has 1 saturated heterocycles. The molecule has 0 radical (unpaired) electrons. The number of carbonyl (C=O) groups excluding carboxylic acids is 2. The first-order valence-electron chi connectivity index (χ1n) is 8.42. The van der Waals surface area contributed by atoms with Gasteiger partial charge >= 0.3 is 6.18 Å². The fourth-order valence-corrected chi connectivity index (χ4v) is 5.17. The lowest BCUT2D eigenvalue weighted by Crippen LogP contribution is -2.52. The molecule has 2 bridgehead atoms. The minimum absolute atomic E-state index is 0.147. The number of fused-ring (bicyclic) bond motifs is 5. The molecule has 0 N–H and O–H groups in total. The molecular formula is C19H18F3NO3. The van der Waals surface area contributed by atoms with Gasteiger partial charge in [-0.3, -0.25) is 9.59 Å². The highest BCUT2D eigenvalue weighted by molar-refractivity contribution is 6.25. The third-order valence-corrected chi connectivity index (χ3v) is 6.48. The molecule has 0 aromatic heterocycles. The zero-order chi connectivity index (χ0) is 19.0. The van der Waals surface area contributed by atoms with Gasteiger partial charge in [0.05, 0.1) is 18.7 Å². The summed E-state index contributed by atoms with van der Waals surface area (Å²) >= 11 is 0. The van der Waals surface area contributed by atoms with Gasteiger partial charge in [-0.25, -0.2) is 4.90 Å². The van der Waals surface area contributed by atoms with Crippen LogP contribution in [-0.2, 0) is 9.59 Å². The van der Waals surface area contributed by atoms with Gasteiger partial charge in [-0.2, -0.15) is 13.2 Å². The van der Waals surface area contributed by atoms with E-state index in [-0.39, 0.29) is 12.1 Å². The van der Waals surface area contributed by atoms with Crippen LogP contribution in [0.4, 0.5) is 18.9 Å². The minimum Gasteiger partial charge on any atom is -0.497 e. The van der Waals surface area contributed by atoms with E-state index in [4.69, 9.17) is 4.74 Å². The number of benzene rings is 1. The Hall–Kier alpha value is -2.31. The van der Waals surface area contributed by atoms with E-state index in [1.807, 2.05) is 0 Å². The Morgan fingerprint density at radius 3 is 2.27 bits per heavy atom. The summed E-state index contributed by atoms with van der Waals surface area (Å²) in [5, 5.41) is 0. The van der Waals surface area contributed by atoms with Crippen molar-refractivity contribution in [3.05, 3.63) is 35.4 Å². The molecule has 2 fully saturated rings. The quantitative estimate of drug-likeness (QED) is 0.593. The van der Waals surface area contributed by atoms with E-state index < -0.39 is 41.2 Å². The molecule has 7 heteroatoms. The molecule has 2 aliphatic carbocycles. The number of methoxy groups -OCH3 is 1. The molecule has 1 aromatic carbocycles. The number of amides is 2. The lowest BCUT2D eigenvalue weighted by Gasteiger charge is -2.38. The number of hydrogen-bond donors (Lipinski definition) is 0. The Kier molecular flexibility index (Phi) is 3.37. The van der Waals surface area contributed by atoms with E-state index in [0.717, 1.165) is 10.5 Å². The Morgan fingerprint density at radius 1 is 1.12 bits per heavy atom. The van der Waals surface area contributed by atoms with E-state index in [1.165, 1.54) is 31.4 Å². The second-order valence-corrected chi connectivity index (χ2v) is 7.28. The molecule has 1 saturated carbocycles. The first-order chi connectivity index (χ1) is 12.2. The van der Waals surface area contributed by atoms with Crippen LogP contribution >= 0.6 is 0 Å². The van der Waals surface area contributed by atoms with Gasteiger partial charge in [-0.1, -0.05) is 11.1 Å². The van der Waals surface area contributed by atoms with Crippen molar-refractivity contribution in [2.24, 2.45) is 23.2 Å². The predicted octanol–water partition coefficient (Wildman–Crippen LogP) is 3.72. The highest BCUT2D eigenvalue weighted by atomic mass is 19.4. The first-order valence-corrected chi connectivity index (χ1v) is 8.42. The van der Waals surface area contributed by atoms with E-state index in [1.54, 1.807) is 13.8 Å². The molecular weight excluding hydrogens is 347 g/mol. The molecule has 2 amide bonds. The lowest BCUT2D eigenvalue weighted by atomic mass is 9.65. The number of anilines is 1. The number of hydrogen-bond acceptors (Lipinski definition) is 3. The molecule has 138 valence electrons. The van der Waals surface area contributed by atoms with Gasteiger partial charge in [0.25, 0.3) is 5.91 Å². The third kappa shape index (κ3) is 1.76. The second kappa shape index (κ2) is 5.11. The topological polar surface area (TPSA) is 46.6 Å². The number of rotatable bonds is 2. The average Bonchev–Trinajstić information content (AvgIpc) is 3.17. The van der Waals surface area contributed by atoms with Gasteiger partial charge in [0.1, 0.15) is 5.75 Å². The molecule has 1 heterocycles. The van der Waals surface area contributed by atoms with Crippen molar-refractivity contribution < 1.29 is 27.5 Å². The van der Waals surface area contributed by atoms with Crippen LogP contribution in [0.2, 0.25) is 0 Å². The van der Waals surface area contributed by atoms with Crippen LogP contribution in [0, 0.1) is 23.2 Å². The Morgan fingerprint density at radius 2 is 1.73 bits per heavy atom. The maximum absolute atomic E-state index is 14.3. The Labute approximate surface area is 148 Å². The summed E-state index contributed by atoms with van der Waals surface area (Å²) in [6, 6.07) is 5.92. The van der Waals surface area contributed by atoms with Crippen LogP contribution in [0.1, 0.15) is 20.3 Å². The van der Waals surface area contributed by atoms with E-state index >= 15 is 0 Å². The van der Waals surface area contributed by atoms with Crippen LogP contribution in [0.25, 0.3) is 0 Å². The van der Waals surface area contributed by atoms with Gasteiger partial charge in [0.2, 0.25) is 5.91 Å². The molecule has 4 atom stereocenters. The summed E-state index contributed by atoms with van der Waals surface area (Å²) in [4.78, 5) is 26.8. The molecule has 1 aromatic rings. The average molecular weight is 365 g/mol. The highest BCUT2D eigenvalue weighted by Crippen LogP contribution is 2.70. The van der Waals surface area contributed by atoms with Crippen molar-refractivity contribution in [3.63, 3.8) is 0 Å². The summed E-state index contributed by atoms with van der Waals surface area (Å²) in [6.45, 7) is 3.42. The summed E-state index contributed by atoms with van der Waals surface area (Å²) in [6.07, 6.45) is -4.57.